The van der Waals surface area contributed by atoms with Gasteiger partial charge >= 0.3 is 0 Å². The zero-order valence-corrected chi connectivity index (χ0v) is 29.7. The lowest BCUT2D eigenvalue weighted by Crippen LogP contribution is -2.46. The SMILES string of the molecule is C=C/C(C)=C\C(C)=C(/C)B(c1ccc(B(C(=C)/C(C)=C\C(C)=C/C)c2c(C)cc(C)cc2C)s1)C1C(C)=CC(C)=CC1C. The summed E-state index contributed by atoms with van der Waals surface area (Å²) in [4.78, 5) is 0. The Kier molecular flexibility index (Phi) is 11.7. The molecule has 3 rings (SSSR count). The van der Waals surface area contributed by atoms with Crippen molar-refractivity contribution < 1.29 is 0 Å². The van der Waals surface area contributed by atoms with Crippen LogP contribution in [-0.2, 0) is 0 Å². The van der Waals surface area contributed by atoms with Gasteiger partial charge in [0.25, 0.3) is 6.71 Å². The second kappa shape index (κ2) is 14.6. The average Bonchev–Trinajstić information content (AvgIpc) is 3.40. The summed E-state index contributed by atoms with van der Waals surface area (Å²) < 4.78 is 2.80. The minimum absolute atomic E-state index is 0.108. The van der Waals surface area contributed by atoms with Crippen LogP contribution < -0.4 is 15.0 Å². The molecule has 224 valence electrons. The summed E-state index contributed by atoms with van der Waals surface area (Å²) in [5.74, 6) is 0.861. The molecule has 1 aliphatic carbocycles. The van der Waals surface area contributed by atoms with E-state index in [0.717, 1.165) is 0 Å². The van der Waals surface area contributed by atoms with E-state index >= 15 is 0 Å². The highest BCUT2D eigenvalue weighted by Crippen LogP contribution is 2.39. The molecule has 0 amide bonds. The van der Waals surface area contributed by atoms with Crippen molar-refractivity contribution >= 4 is 39.8 Å². The first-order chi connectivity index (χ1) is 20.2. The van der Waals surface area contributed by atoms with Crippen LogP contribution in [0.4, 0.5) is 0 Å². The van der Waals surface area contributed by atoms with Gasteiger partial charge in [-0.25, -0.2) is 0 Å². The van der Waals surface area contributed by atoms with Gasteiger partial charge in [-0.05, 0) is 90.5 Å². The molecular formula is C40H52B2S. The van der Waals surface area contributed by atoms with Gasteiger partial charge in [0.1, 0.15) is 0 Å². The molecule has 0 N–H and O–H groups in total. The Balaban J connectivity index is 2.29. The first kappa shape index (κ1) is 34.5. The van der Waals surface area contributed by atoms with Crippen molar-refractivity contribution in [1.82, 2.24) is 0 Å². The molecule has 0 saturated heterocycles. The van der Waals surface area contributed by atoms with Crippen molar-refractivity contribution in [2.75, 3.05) is 0 Å². The van der Waals surface area contributed by atoms with Gasteiger partial charge in [0, 0.05) is 0 Å². The average molecular weight is 587 g/mol. The summed E-state index contributed by atoms with van der Waals surface area (Å²) in [5, 5.41) is 0. The molecular weight excluding hydrogens is 534 g/mol. The summed E-state index contributed by atoms with van der Waals surface area (Å²) in [6.07, 6.45) is 13.5. The number of hydrogen-bond acceptors (Lipinski definition) is 1. The van der Waals surface area contributed by atoms with Gasteiger partial charge in [-0.2, -0.15) is 11.3 Å². The maximum Gasteiger partial charge on any atom is 0.254 e. The molecule has 2 atom stereocenters. The predicted octanol–water partition coefficient (Wildman–Crippen LogP) is 9.91. The lowest BCUT2D eigenvalue weighted by Gasteiger charge is -2.33. The molecule has 2 aromatic rings. The predicted molar refractivity (Wildman–Crippen MR) is 200 cm³/mol. The van der Waals surface area contributed by atoms with Gasteiger partial charge in [-0.3, -0.25) is 0 Å². The quantitative estimate of drug-likeness (QED) is 0.192. The van der Waals surface area contributed by atoms with Gasteiger partial charge in [0.15, 0.2) is 0 Å². The molecule has 0 fully saturated rings. The monoisotopic (exact) mass is 586 g/mol. The molecule has 0 spiro atoms. The summed E-state index contributed by atoms with van der Waals surface area (Å²) in [7, 11) is 0. The van der Waals surface area contributed by atoms with Crippen LogP contribution in [0.5, 0.6) is 0 Å². The second-order valence-corrected chi connectivity index (χ2v) is 14.1. The zero-order valence-electron chi connectivity index (χ0n) is 28.9. The van der Waals surface area contributed by atoms with Crippen molar-refractivity contribution in [1.29, 1.82) is 0 Å². The van der Waals surface area contributed by atoms with Crippen molar-refractivity contribution in [3.05, 3.63) is 135 Å². The van der Waals surface area contributed by atoms with E-state index in [1.807, 2.05) is 17.4 Å². The summed E-state index contributed by atoms with van der Waals surface area (Å²) in [6.45, 7) is 36.0. The van der Waals surface area contributed by atoms with Crippen molar-refractivity contribution in [3.63, 3.8) is 0 Å². The zero-order chi connectivity index (χ0) is 32.2. The largest absolute Gasteiger partial charge is 0.254 e. The molecule has 1 aromatic carbocycles. The van der Waals surface area contributed by atoms with Gasteiger partial charge in [0.2, 0.25) is 6.71 Å². The molecule has 43 heavy (non-hydrogen) atoms. The Labute approximate surface area is 268 Å². The first-order valence-electron chi connectivity index (χ1n) is 15.7. The summed E-state index contributed by atoms with van der Waals surface area (Å²) in [6, 6.07) is 9.45. The number of allylic oxidation sites excluding steroid dienone is 14. The first-order valence-corrected chi connectivity index (χ1v) is 16.5. The van der Waals surface area contributed by atoms with E-state index in [-0.39, 0.29) is 6.71 Å². The topological polar surface area (TPSA) is 0 Å². The van der Waals surface area contributed by atoms with Crippen LogP contribution >= 0.6 is 11.3 Å². The highest BCUT2D eigenvalue weighted by Gasteiger charge is 2.37. The number of rotatable bonds is 10. The van der Waals surface area contributed by atoms with E-state index < -0.39 is 0 Å². The lowest BCUT2D eigenvalue weighted by atomic mass is 9.32. The molecule has 2 unspecified atom stereocenters. The Bertz CT molecular complexity index is 1560. The second-order valence-electron chi connectivity index (χ2n) is 13.0. The third-order valence-corrected chi connectivity index (χ3v) is 10.5. The van der Waals surface area contributed by atoms with Crippen molar-refractivity contribution in [2.45, 2.75) is 88.9 Å². The fourth-order valence-electron chi connectivity index (χ4n) is 6.99. The van der Waals surface area contributed by atoms with Gasteiger partial charge in [-0.15, -0.1) is 6.58 Å². The van der Waals surface area contributed by atoms with E-state index in [1.165, 1.54) is 76.1 Å². The van der Waals surface area contributed by atoms with Crippen LogP contribution in [0.25, 0.3) is 0 Å². The third-order valence-electron chi connectivity index (χ3n) is 9.31. The molecule has 1 aromatic heterocycles. The van der Waals surface area contributed by atoms with E-state index in [9.17, 15) is 0 Å². The molecule has 0 aliphatic heterocycles. The Hall–Kier alpha value is -3.03. The Morgan fingerprint density at radius 2 is 1.49 bits per heavy atom. The maximum atomic E-state index is 4.75. The summed E-state index contributed by atoms with van der Waals surface area (Å²) in [5.41, 5.74) is 15.8. The van der Waals surface area contributed by atoms with Gasteiger partial charge in [0.05, 0.1) is 0 Å². The maximum absolute atomic E-state index is 4.75. The van der Waals surface area contributed by atoms with E-state index in [1.54, 1.807) is 0 Å². The van der Waals surface area contributed by atoms with Crippen molar-refractivity contribution in [3.8, 4) is 0 Å². The molecule has 0 bridgehead atoms. The number of aryl methyl sites for hydroxylation is 3. The highest BCUT2D eigenvalue weighted by molar-refractivity contribution is 7.34. The van der Waals surface area contributed by atoms with Crippen molar-refractivity contribution in [2.24, 2.45) is 5.92 Å². The molecule has 3 heteroatoms. The van der Waals surface area contributed by atoms with Crippen LogP contribution in [0.1, 0.15) is 79.0 Å². The smallest absolute Gasteiger partial charge is 0.164 e. The van der Waals surface area contributed by atoms with E-state index in [4.69, 9.17) is 6.58 Å². The molecule has 0 nitrogen and oxygen atoms in total. The number of benzene rings is 1. The summed E-state index contributed by atoms with van der Waals surface area (Å²) >= 11 is 1.98. The van der Waals surface area contributed by atoms with Crippen LogP contribution in [0, 0.1) is 26.7 Å². The van der Waals surface area contributed by atoms with Gasteiger partial charge in [-0.1, -0.05) is 148 Å². The molecule has 1 heterocycles. The van der Waals surface area contributed by atoms with Crippen LogP contribution in [0.3, 0.4) is 0 Å². The normalized spacial score (nSPS) is 18.6. The highest BCUT2D eigenvalue weighted by atomic mass is 32.1. The van der Waals surface area contributed by atoms with E-state index in [0.29, 0.717) is 18.4 Å². The van der Waals surface area contributed by atoms with Gasteiger partial charge < -0.3 is 0 Å². The van der Waals surface area contributed by atoms with Crippen LogP contribution in [0.2, 0.25) is 5.82 Å². The minimum Gasteiger partial charge on any atom is -0.164 e. The standard InChI is InChI=1S/C40H52B2S/c1-15-25(3)19-29(7)35(13)41(39-31(9)21-27(5)22-32(39)10)37-17-18-38(43-37)42(36(14)30(8)20-26(4)16-2)40-33(11)23-28(6)24-34(40)12/h15-24,31,39H,1,14H2,2-13H3/b25-19-,26-16-,30-20-,35-29+. The molecule has 0 saturated carbocycles. The number of hydrogen-bond donors (Lipinski definition) is 0. The van der Waals surface area contributed by atoms with Crippen LogP contribution in [0.15, 0.2) is 118 Å². The third kappa shape index (κ3) is 7.93. The minimum atomic E-state index is 0.108. The van der Waals surface area contributed by atoms with E-state index in [2.05, 4.69) is 144 Å². The number of thiophene rings is 1. The fourth-order valence-corrected chi connectivity index (χ4v) is 8.37. The lowest BCUT2D eigenvalue weighted by molar-refractivity contribution is 0.688. The fraction of sp³-hybridized carbons (Fsp3) is 0.350. The Morgan fingerprint density at radius 3 is 2.05 bits per heavy atom. The van der Waals surface area contributed by atoms with Crippen LogP contribution in [-0.4, -0.2) is 13.4 Å². The Morgan fingerprint density at radius 1 is 0.884 bits per heavy atom. The molecule has 1 aliphatic rings. The molecule has 0 radical (unpaired) electrons.